The smallest absolute Gasteiger partial charge is 0.353 e. The summed E-state index contributed by atoms with van der Waals surface area (Å²) in [6.45, 7) is 2.11. The number of methoxy groups -OCH3 is 1. The molecule has 1 heterocycles. The number of hydrogen-bond acceptors (Lipinski definition) is 6. The Morgan fingerprint density at radius 1 is 1.04 bits per heavy atom. The first kappa shape index (κ1) is 18.7. The van der Waals surface area contributed by atoms with Crippen molar-refractivity contribution in [1.29, 1.82) is 0 Å². The zero-order valence-electron chi connectivity index (χ0n) is 15.0. The van der Waals surface area contributed by atoms with Gasteiger partial charge in [-0.25, -0.2) is 4.79 Å². The second-order valence-electron chi connectivity index (χ2n) is 5.84. The summed E-state index contributed by atoms with van der Waals surface area (Å²) in [5, 5.41) is 5.11. The monoisotopic (exact) mass is 381 g/mol. The standard InChI is InChI=1S/C21H19NO4S/c1-14(23)16-6-8-17(9-7-16)22-13-15-5-10-18(19(12-15)25-2)26-21(24)20-4-3-11-27-20/h3-12,22H,13H2,1-2H3. The quantitative estimate of drug-likeness (QED) is 0.362. The Morgan fingerprint density at radius 2 is 1.81 bits per heavy atom. The third-order valence-electron chi connectivity index (χ3n) is 3.94. The minimum Gasteiger partial charge on any atom is -0.493 e. The van der Waals surface area contributed by atoms with Gasteiger partial charge in [0.05, 0.1) is 7.11 Å². The average molecular weight is 381 g/mol. The molecule has 0 aliphatic heterocycles. The largest absolute Gasteiger partial charge is 0.493 e. The normalized spacial score (nSPS) is 10.3. The van der Waals surface area contributed by atoms with Crippen molar-refractivity contribution in [2.24, 2.45) is 0 Å². The van der Waals surface area contributed by atoms with E-state index in [0.717, 1.165) is 11.3 Å². The maximum Gasteiger partial charge on any atom is 0.353 e. The minimum absolute atomic E-state index is 0.0407. The van der Waals surface area contributed by atoms with Crippen LogP contribution in [0.2, 0.25) is 0 Å². The van der Waals surface area contributed by atoms with E-state index in [0.29, 0.717) is 28.5 Å². The number of carbonyl (C=O) groups is 2. The molecular formula is C21H19NO4S. The molecule has 0 spiro atoms. The van der Waals surface area contributed by atoms with E-state index in [1.807, 2.05) is 29.6 Å². The number of ketones is 1. The Balaban J connectivity index is 1.66. The van der Waals surface area contributed by atoms with E-state index < -0.39 is 5.97 Å². The summed E-state index contributed by atoms with van der Waals surface area (Å²) in [7, 11) is 1.54. The Labute approximate surface area is 161 Å². The van der Waals surface area contributed by atoms with Crippen LogP contribution in [0.5, 0.6) is 11.5 Å². The molecule has 3 rings (SSSR count). The summed E-state index contributed by atoms with van der Waals surface area (Å²) in [5.41, 5.74) is 2.56. The Morgan fingerprint density at radius 3 is 2.44 bits per heavy atom. The first-order chi connectivity index (χ1) is 13.1. The van der Waals surface area contributed by atoms with Gasteiger partial charge in [-0.3, -0.25) is 4.79 Å². The van der Waals surface area contributed by atoms with Crippen molar-refractivity contribution in [1.82, 2.24) is 0 Å². The number of anilines is 1. The summed E-state index contributed by atoms with van der Waals surface area (Å²) in [4.78, 5) is 24.0. The number of ether oxygens (including phenoxy) is 2. The van der Waals surface area contributed by atoms with Crippen molar-refractivity contribution >= 4 is 28.8 Å². The molecule has 0 atom stereocenters. The van der Waals surface area contributed by atoms with Gasteiger partial charge < -0.3 is 14.8 Å². The van der Waals surface area contributed by atoms with Crippen molar-refractivity contribution in [2.75, 3.05) is 12.4 Å². The molecule has 6 heteroatoms. The van der Waals surface area contributed by atoms with Crippen molar-refractivity contribution in [3.63, 3.8) is 0 Å². The number of Topliss-reactive ketones (excluding diaryl/α,β-unsaturated/α-hetero) is 1. The molecule has 3 aromatic rings. The molecule has 138 valence electrons. The van der Waals surface area contributed by atoms with Gasteiger partial charge in [0.25, 0.3) is 0 Å². The average Bonchev–Trinajstić information content (AvgIpc) is 3.22. The number of rotatable bonds is 7. The van der Waals surface area contributed by atoms with Gasteiger partial charge >= 0.3 is 5.97 Å². The first-order valence-electron chi connectivity index (χ1n) is 8.34. The number of nitrogens with one attached hydrogen (secondary N) is 1. The molecule has 0 saturated carbocycles. The van der Waals surface area contributed by atoms with Crippen LogP contribution in [0.15, 0.2) is 60.0 Å². The molecule has 27 heavy (non-hydrogen) atoms. The van der Waals surface area contributed by atoms with Crippen molar-refractivity contribution in [3.8, 4) is 11.5 Å². The maximum atomic E-state index is 12.1. The van der Waals surface area contributed by atoms with Crippen LogP contribution in [0, 0.1) is 0 Å². The van der Waals surface area contributed by atoms with Gasteiger partial charge in [0.1, 0.15) is 4.88 Å². The molecule has 0 bridgehead atoms. The lowest BCUT2D eigenvalue weighted by molar-refractivity contribution is 0.0734. The van der Waals surface area contributed by atoms with Gasteiger partial charge in [0.15, 0.2) is 17.3 Å². The summed E-state index contributed by atoms with van der Waals surface area (Å²) < 4.78 is 10.8. The number of thiophene rings is 1. The molecule has 2 aromatic carbocycles. The highest BCUT2D eigenvalue weighted by Gasteiger charge is 2.13. The van der Waals surface area contributed by atoms with Crippen LogP contribution in [0.3, 0.4) is 0 Å². The lowest BCUT2D eigenvalue weighted by atomic mass is 10.1. The zero-order valence-corrected chi connectivity index (χ0v) is 15.8. The van der Waals surface area contributed by atoms with Crippen molar-refractivity contribution < 1.29 is 19.1 Å². The highest BCUT2D eigenvalue weighted by Crippen LogP contribution is 2.29. The number of hydrogen-bond donors (Lipinski definition) is 1. The SMILES string of the molecule is COc1cc(CNc2ccc(C(C)=O)cc2)ccc1OC(=O)c1cccs1. The van der Waals surface area contributed by atoms with Crippen molar-refractivity contribution in [2.45, 2.75) is 13.5 Å². The summed E-state index contributed by atoms with van der Waals surface area (Å²) in [6.07, 6.45) is 0. The van der Waals surface area contributed by atoms with Crippen LogP contribution in [0.4, 0.5) is 5.69 Å². The fourth-order valence-electron chi connectivity index (χ4n) is 2.48. The highest BCUT2D eigenvalue weighted by molar-refractivity contribution is 7.12. The second-order valence-corrected chi connectivity index (χ2v) is 6.79. The molecule has 1 N–H and O–H groups in total. The Kier molecular flexibility index (Phi) is 5.88. The Hall–Kier alpha value is -3.12. The topological polar surface area (TPSA) is 64.6 Å². The van der Waals surface area contributed by atoms with E-state index in [1.54, 1.807) is 37.3 Å². The molecule has 0 aliphatic carbocycles. The van der Waals surface area contributed by atoms with Gasteiger partial charge in [0, 0.05) is 17.8 Å². The van der Waals surface area contributed by atoms with Crippen LogP contribution in [-0.4, -0.2) is 18.9 Å². The fourth-order valence-corrected chi connectivity index (χ4v) is 3.08. The minimum atomic E-state index is -0.403. The highest BCUT2D eigenvalue weighted by atomic mass is 32.1. The summed E-state index contributed by atoms with van der Waals surface area (Å²) >= 11 is 1.33. The van der Waals surface area contributed by atoms with E-state index in [1.165, 1.54) is 18.4 Å². The Bertz CT molecular complexity index is 933. The van der Waals surface area contributed by atoms with Crippen LogP contribution in [0.25, 0.3) is 0 Å². The molecule has 0 fully saturated rings. The van der Waals surface area contributed by atoms with Crippen LogP contribution in [-0.2, 0) is 6.54 Å². The maximum absolute atomic E-state index is 12.1. The molecule has 5 nitrogen and oxygen atoms in total. The van der Waals surface area contributed by atoms with Gasteiger partial charge in [-0.05, 0) is 60.3 Å². The van der Waals surface area contributed by atoms with Gasteiger partial charge in [0.2, 0.25) is 0 Å². The van der Waals surface area contributed by atoms with Gasteiger partial charge in [-0.1, -0.05) is 12.1 Å². The van der Waals surface area contributed by atoms with E-state index in [4.69, 9.17) is 9.47 Å². The van der Waals surface area contributed by atoms with E-state index >= 15 is 0 Å². The molecule has 0 saturated heterocycles. The third kappa shape index (κ3) is 4.74. The molecule has 0 unspecified atom stereocenters. The first-order valence-corrected chi connectivity index (χ1v) is 9.22. The van der Waals surface area contributed by atoms with E-state index in [2.05, 4.69) is 5.32 Å². The second kappa shape index (κ2) is 8.51. The van der Waals surface area contributed by atoms with Crippen LogP contribution in [0.1, 0.15) is 32.5 Å². The predicted molar refractivity (Wildman–Crippen MR) is 106 cm³/mol. The van der Waals surface area contributed by atoms with Crippen LogP contribution < -0.4 is 14.8 Å². The van der Waals surface area contributed by atoms with Crippen LogP contribution >= 0.6 is 11.3 Å². The summed E-state index contributed by atoms with van der Waals surface area (Å²) in [5.74, 6) is 0.510. The molecular weight excluding hydrogens is 362 g/mol. The fraction of sp³-hybridized carbons (Fsp3) is 0.143. The van der Waals surface area contributed by atoms with Gasteiger partial charge in [-0.2, -0.15) is 0 Å². The van der Waals surface area contributed by atoms with E-state index in [9.17, 15) is 9.59 Å². The van der Waals surface area contributed by atoms with Crippen molar-refractivity contribution in [3.05, 3.63) is 76.0 Å². The number of benzene rings is 2. The molecule has 0 aliphatic rings. The van der Waals surface area contributed by atoms with E-state index in [-0.39, 0.29) is 5.78 Å². The third-order valence-corrected chi connectivity index (χ3v) is 4.79. The summed E-state index contributed by atoms with van der Waals surface area (Å²) in [6, 6.07) is 16.3. The molecule has 0 radical (unpaired) electrons. The van der Waals surface area contributed by atoms with Gasteiger partial charge in [-0.15, -0.1) is 11.3 Å². The predicted octanol–water partition coefficient (Wildman–Crippen LogP) is 4.79. The molecule has 0 amide bonds. The molecule has 1 aromatic heterocycles. The lowest BCUT2D eigenvalue weighted by Gasteiger charge is -2.12. The zero-order chi connectivity index (χ0) is 19.2. The number of carbonyl (C=O) groups excluding carboxylic acids is 2. The lowest BCUT2D eigenvalue weighted by Crippen LogP contribution is -2.08. The number of esters is 1.